The molecule has 0 aromatic heterocycles. The molecule has 0 amide bonds. The van der Waals surface area contributed by atoms with Crippen LogP contribution in [-0.4, -0.2) is 24.2 Å². The summed E-state index contributed by atoms with van der Waals surface area (Å²) in [6.45, 7) is 11.1. The van der Waals surface area contributed by atoms with Crippen molar-refractivity contribution >= 4 is 5.97 Å². The van der Waals surface area contributed by atoms with Gasteiger partial charge in [0, 0.05) is 12.6 Å². The fourth-order valence-corrected chi connectivity index (χ4v) is 2.96. The highest BCUT2D eigenvalue weighted by molar-refractivity contribution is 5.70. The van der Waals surface area contributed by atoms with Crippen LogP contribution in [0.3, 0.4) is 0 Å². The van der Waals surface area contributed by atoms with Gasteiger partial charge in [0.1, 0.15) is 5.60 Å². The Kier molecular flexibility index (Phi) is 6.31. The zero-order valence-corrected chi connectivity index (χ0v) is 13.3. The van der Waals surface area contributed by atoms with Crippen molar-refractivity contribution in [2.45, 2.75) is 78.4 Å². The SMILES string of the molecule is CC(C)C1CCCCC1NCCC(=O)OC(C)(C)C. The van der Waals surface area contributed by atoms with Gasteiger partial charge in [0.05, 0.1) is 6.42 Å². The predicted molar refractivity (Wildman–Crippen MR) is 79.0 cm³/mol. The first-order valence-electron chi connectivity index (χ1n) is 7.75. The lowest BCUT2D eigenvalue weighted by Gasteiger charge is -2.35. The first kappa shape index (κ1) is 16.5. The standard InChI is InChI=1S/C16H31NO2/c1-12(2)13-8-6-7-9-14(13)17-11-10-15(18)19-16(3,4)5/h12-14,17H,6-11H2,1-5H3. The summed E-state index contributed by atoms with van der Waals surface area (Å²) in [6, 6.07) is 0.580. The van der Waals surface area contributed by atoms with Gasteiger partial charge in [0.2, 0.25) is 0 Å². The second-order valence-corrected chi connectivity index (χ2v) is 7.09. The minimum atomic E-state index is -0.373. The summed E-state index contributed by atoms with van der Waals surface area (Å²) >= 11 is 0. The molecule has 19 heavy (non-hydrogen) atoms. The lowest BCUT2D eigenvalue weighted by atomic mass is 9.78. The summed E-state index contributed by atoms with van der Waals surface area (Å²) in [4.78, 5) is 11.7. The van der Waals surface area contributed by atoms with E-state index in [2.05, 4.69) is 19.2 Å². The van der Waals surface area contributed by atoms with Crippen LogP contribution in [0.5, 0.6) is 0 Å². The van der Waals surface area contributed by atoms with E-state index in [1.54, 1.807) is 0 Å². The van der Waals surface area contributed by atoms with E-state index in [1.807, 2.05) is 20.8 Å². The Balaban J connectivity index is 2.29. The molecular weight excluding hydrogens is 238 g/mol. The number of esters is 1. The monoisotopic (exact) mass is 269 g/mol. The molecule has 2 atom stereocenters. The van der Waals surface area contributed by atoms with Gasteiger partial charge in [-0.05, 0) is 45.4 Å². The molecule has 112 valence electrons. The molecule has 0 aromatic rings. The highest BCUT2D eigenvalue weighted by Gasteiger charge is 2.27. The van der Waals surface area contributed by atoms with Gasteiger partial charge in [-0.3, -0.25) is 4.79 Å². The van der Waals surface area contributed by atoms with E-state index in [0.717, 1.165) is 18.4 Å². The molecule has 1 saturated carbocycles. The Morgan fingerprint density at radius 2 is 1.89 bits per heavy atom. The van der Waals surface area contributed by atoms with Crippen molar-refractivity contribution in [1.82, 2.24) is 5.32 Å². The zero-order chi connectivity index (χ0) is 14.5. The lowest BCUT2D eigenvalue weighted by Crippen LogP contribution is -2.42. The van der Waals surface area contributed by atoms with Crippen molar-refractivity contribution in [2.75, 3.05) is 6.54 Å². The molecule has 0 bridgehead atoms. The largest absolute Gasteiger partial charge is 0.460 e. The molecule has 1 rings (SSSR count). The van der Waals surface area contributed by atoms with Crippen molar-refractivity contribution in [1.29, 1.82) is 0 Å². The maximum absolute atomic E-state index is 11.7. The first-order valence-corrected chi connectivity index (χ1v) is 7.75. The van der Waals surface area contributed by atoms with Crippen LogP contribution in [-0.2, 0) is 9.53 Å². The summed E-state index contributed by atoms with van der Waals surface area (Å²) in [5, 5.41) is 3.57. The van der Waals surface area contributed by atoms with Crippen LogP contribution >= 0.6 is 0 Å². The lowest BCUT2D eigenvalue weighted by molar-refractivity contribution is -0.154. The Morgan fingerprint density at radius 3 is 2.47 bits per heavy atom. The second-order valence-electron chi connectivity index (χ2n) is 7.09. The molecule has 0 heterocycles. The van der Waals surface area contributed by atoms with Gasteiger partial charge in [-0.1, -0.05) is 26.7 Å². The molecule has 1 aliphatic carbocycles. The second kappa shape index (κ2) is 7.28. The number of ether oxygens (including phenoxy) is 1. The van der Waals surface area contributed by atoms with Crippen molar-refractivity contribution in [3.8, 4) is 0 Å². The van der Waals surface area contributed by atoms with E-state index >= 15 is 0 Å². The maximum atomic E-state index is 11.7. The van der Waals surface area contributed by atoms with Crippen LogP contribution in [0.2, 0.25) is 0 Å². The van der Waals surface area contributed by atoms with E-state index in [9.17, 15) is 4.79 Å². The van der Waals surface area contributed by atoms with Gasteiger partial charge >= 0.3 is 5.97 Å². The molecule has 3 nitrogen and oxygen atoms in total. The number of rotatable bonds is 5. The molecule has 0 aliphatic heterocycles. The first-order chi connectivity index (χ1) is 8.79. The van der Waals surface area contributed by atoms with Gasteiger partial charge in [-0.2, -0.15) is 0 Å². The summed E-state index contributed by atoms with van der Waals surface area (Å²) in [5.41, 5.74) is -0.373. The Morgan fingerprint density at radius 1 is 1.26 bits per heavy atom. The molecule has 0 spiro atoms. The molecule has 1 aliphatic rings. The number of carbonyl (C=O) groups is 1. The fourth-order valence-electron chi connectivity index (χ4n) is 2.96. The fraction of sp³-hybridized carbons (Fsp3) is 0.938. The van der Waals surface area contributed by atoms with Crippen LogP contribution in [0.25, 0.3) is 0 Å². The Hall–Kier alpha value is -0.570. The van der Waals surface area contributed by atoms with Crippen molar-refractivity contribution < 1.29 is 9.53 Å². The minimum absolute atomic E-state index is 0.100. The van der Waals surface area contributed by atoms with Gasteiger partial charge in [0.25, 0.3) is 0 Å². The highest BCUT2D eigenvalue weighted by atomic mass is 16.6. The molecule has 1 fully saturated rings. The zero-order valence-electron chi connectivity index (χ0n) is 13.3. The number of hydrogen-bond donors (Lipinski definition) is 1. The smallest absolute Gasteiger partial charge is 0.307 e. The summed E-state index contributed by atoms with van der Waals surface area (Å²) < 4.78 is 5.32. The molecule has 0 radical (unpaired) electrons. The summed E-state index contributed by atoms with van der Waals surface area (Å²) in [5.74, 6) is 1.38. The predicted octanol–water partition coefficient (Wildman–Crippen LogP) is 3.52. The van der Waals surface area contributed by atoms with Gasteiger partial charge in [0.15, 0.2) is 0 Å². The average molecular weight is 269 g/mol. The maximum Gasteiger partial charge on any atom is 0.307 e. The van der Waals surface area contributed by atoms with Crippen LogP contribution in [0.4, 0.5) is 0 Å². The van der Waals surface area contributed by atoms with Crippen molar-refractivity contribution in [3.63, 3.8) is 0 Å². The number of hydrogen-bond acceptors (Lipinski definition) is 3. The van der Waals surface area contributed by atoms with Crippen LogP contribution < -0.4 is 5.32 Å². The number of carbonyl (C=O) groups excluding carboxylic acids is 1. The van der Waals surface area contributed by atoms with E-state index < -0.39 is 0 Å². The molecular formula is C16H31NO2. The minimum Gasteiger partial charge on any atom is -0.460 e. The average Bonchev–Trinajstić information content (AvgIpc) is 2.27. The molecule has 2 unspecified atom stereocenters. The Labute approximate surface area is 118 Å². The third kappa shape index (κ3) is 6.42. The summed E-state index contributed by atoms with van der Waals surface area (Å²) in [7, 11) is 0. The molecule has 1 N–H and O–H groups in total. The summed E-state index contributed by atoms with van der Waals surface area (Å²) in [6.07, 6.45) is 5.71. The molecule has 0 aromatic carbocycles. The van der Waals surface area contributed by atoms with E-state index in [4.69, 9.17) is 4.74 Å². The van der Waals surface area contributed by atoms with E-state index in [1.165, 1.54) is 25.7 Å². The van der Waals surface area contributed by atoms with Crippen molar-refractivity contribution in [2.24, 2.45) is 11.8 Å². The highest BCUT2D eigenvalue weighted by Crippen LogP contribution is 2.30. The third-order valence-electron chi connectivity index (χ3n) is 3.83. The van der Waals surface area contributed by atoms with Crippen LogP contribution in [0, 0.1) is 11.8 Å². The van der Waals surface area contributed by atoms with Gasteiger partial charge in [-0.25, -0.2) is 0 Å². The molecule has 3 heteroatoms. The quantitative estimate of drug-likeness (QED) is 0.776. The number of nitrogens with one attached hydrogen (secondary N) is 1. The van der Waals surface area contributed by atoms with Gasteiger partial charge in [-0.15, -0.1) is 0 Å². The molecule has 0 saturated heterocycles. The Bertz CT molecular complexity index is 281. The van der Waals surface area contributed by atoms with Crippen LogP contribution in [0.15, 0.2) is 0 Å². The van der Waals surface area contributed by atoms with Crippen LogP contribution in [0.1, 0.15) is 66.7 Å². The van der Waals surface area contributed by atoms with Crippen molar-refractivity contribution in [3.05, 3.63) is 0 Å². The van der Waals surface area contributed by atoms with E-state index in [-0.39, 0.29) is 11.6 Å². The third-order valence-corrected chi connectivity index (χ3v) is 3.83. The van der Waals surface area contributed by atoms with E-state index in [0.29, 0.717) is 12.5 Å². The van der Waals surface area contributed by atoms with Gasteiger partial charge < -0.3 is 10.1 Å². The topological polar surface area (TPSA) is 38.3 Å². The normalized spacial score (nSPS) is 24.5.